The molecule has 0 saturated heterocycles. The van der Waals surface area contributed by atoms with Crippen LogP contribution >= 0.6 is 23.2 Å². The fourth-order valence-electron chi connectivity index (χ4n) is 2.35. The summed E-state index contributed by atoms with van der Waals surface area (Å²) in [6.45, 7) is 6.96. The van der Waals surface area contributed by atoms with Crippen molar-refractivity contribution in [3.8, 4) is 0 Å². The maximum Gasteiger partial charge on any atom is 0.106 e. The molecule has 0 radical (unpaired) electrons. The van der Waals surface area contributed by atoms with Crippen LogP contribution in [0.4, 0.5) is 0 Å². The minimum absolute atomic E-state index is 0.00130. The molecule has 1 atom stereocenters. The lowest BCUT2D eigenvalue weighted by Gasteiger charge is -2.20. The lowest BCUT2D eigenvalue weighted by atomic mass is 9.98. The van der Waals surface area contributed by atoms with Gasteiger partial charge < -0.3 is 9.73 Å². The first kappa shape index (κ1) is 15.4. The fraction of sp³-hybridized carbons (Fsp3) is 0.375. The highest BCUT2D eigenvalue weighted by atomic mass is 35.5. The summed E-state index contributed by atoms with van der Waals surface area (Å²) >= 11 is 12.5. The summed E-state index contributed by atoms with van der Waals surface area (Å²) in [4.78, 5) is 0. The second kappa shape index (κ2) is 6.66. The van der Waals surface area contributed by atoms with E-state index >= 15 is 0 Å². The highest BCUT2D eigenvalue weighted by molar-refractivity contribution is 6.33. The van der Waals surface area contributed by atoms with Gasteiger partial charge in [-0.1, -0.05) is 30.1 Å². The fourth-order valence-corrected chi connectivity index (χ4v) is 2.76. The van der Waals surface area contributed by atoms with Gasteiger partial charge in [-0.15, -0.1) is 0 Å². The van der Waals surface area contributed by atoms with Crippen molar-refractivity contribution in [2.24, 2.45) is 0 Å². The molecule has 1 aromatic heterocycles. The van der Waals surface area contributed by atoms with E-state index in [9.17, 15) is 0 Å². The molecule has 1 aromatic carbocycles. The molecule has 1 heterocycles. The summed E-state index contributed by atoms with van der Waals surface area (Å²) in [6.07, 6.45) is 1.05. The first-order chi connectivity index (χ1) is 9.52. The largest absolute Gasteiger partial charge is 0.466 e. The van der Waals surface area contributed by atoms with Gasteiger partial charge in [-0.05, 0) is 56.6 Å². The molecule has 2 rings (SSSR count). The van der Waals surface area contributed by atoms with E-state index in [1.54, 1.807) is 6.07 Å². The van der Waals surface area contributed by atoms with Gasteiger partial charge in [0.05, 0.1) is 6.04 Å². The minimum atomic E-state index is -0.00130. The van der Waals surface area contributed by atoms with Gasteiger partial charge in [0.1, 0.15) is 11.5 Å². The van der Waals surface area contributed by atoms with Crippen LogP contribution in [-0.2, 0) is 0 Å². The smallest absolute Gasteiger partial charge is 0.106 e. The van der Waals surface area contributed by atoms with Crippen molar-refractivity contribution in [2.45, 2.75) is 33.2 Å². The molecule has 0 spiro atoms. The maximum absolute atomic E-state index is 6.35. The lowest BCUT2D eigenvalue weighted by molar-refractivity contribution is 0.493. The lowest BCUT2D eigenvalue weighted by Crippen LogP contribution is -2.23. The van der Waals surface area contributed by atoms with E-state index in [4.69, 9.17) is 27.6 Å². The molecule has 2 nitrogen and oxygen atoms in total. The number of halogens is 2. The predicted octanol–water partition coefficient (Wildman–Crippen LogP) is 5.29. The van der Waals surface area contributed by atoms with Crippen molar-refractivity contribution >= 4 is 23.2 Å². The first-order valence-electron chi connectivity index (χ1n) is 6.78. The zero-order chi connectivity index (χ0) is 14.7. The van der Waals surface area contributed by atoms with Crippen LogP contribution in [0, 0.1) is 13.8 Å². The Morgan fingerprint density at radius 2 is 1.90 bits per heavy atom. The molecule has 4 heteroatoms. The van der Waals surface area contributed by atoms with Crippen molar-refractivity contribution in [2.75, 3.05) is 6.54 Å². The molecule has 2 aromatic rings. The third kappa shape index (κ3) is 3.38. The number of furan rings is 1. The molecule has 1 N–H and O–H groups in total. The Morgan fingerprint density at radius 3 is 2.50 bits per heavy atom. The molecular weight excluding hydrogens is 293 g/mol. The Balaban J connectivity index is 2.46. The molecule has 0 amide bonds. The summed E-state index contributed by atoms with van der Waals surface area (Å²) in [5, 5.41) is 4.92. The highest BCUT2D eigenvalue weighted by Crippen LogP contribution is 2.33. The van der Waals surface area contributed by atoms with E-state index in [2.05, 4.69) is 18.3 Å². The van der Waals surface area contributed by atoms with Gasteiger partial charge in [-0.3, -0.25) is 0 Å². The second-order valence-corrected chi connectivity index (χ2v) is 5.77. The molecule has 108 valence electrons. The van der Waals surface area contributed by atoms with Crippen LogP contribution in [0.3, 0.4) is 0 Å². The van der Waals surface area contributed by atoms with Crippen LogP contribution in [0.1, 0.15) is 42.0 Å². The molecule has 20 heavy (non-hydrogen) atoms. The second-order valence-electron chi connectivity index (χ2n) is 4.92. The summed E-state index contributed by atoms with van der Waals surface area (Å²) in [6, 6.07) is 7.61. The summed E-state index contributed by atoms with van der Waals surface area (Å²) < 4.78 is 5.65. The molecule has 1 unspecified atom stereocenters. The van der Waals surface area contributed by atoms with E-state index in [-0.39, 0.29) is 6.04 Å². The van der Waals surface area contributed by atoms with Crippen LogP contribution in [-0.4, -0.2) is 6.54 Å². The Labute approximate surface area is 130 Å². The average molecular weight is 312 g/mol. The number of aryl methyl sites for hydroxylation is 2. The Morgan fingerprint density at radius 1 is 1.15 bits per heavy atom. The predicted molar refractivity (Wildman–Crippen MR) is 84.8 cm³/mol. The molecule has 0 bridgehead atoms. The van der Waals surface area contributed by atoms with Crippen LogP contribution in [0.5, 0.6) is 0 Å². The normalized spacial score (nSPS) is 12.7. The van der Waals surface area contributed by atoms with E-state index < -0.39 is 0 Å². The van der Waals surface area contributed by atoms with Crippen molar-refractivity contribution in [3.05, 3.63) is 57.0 Å². The number of benzene rings is 1. The zero-order valence-corrected chi connectivity index (χ0v) is 13.5. The quantitative estimate of drug-likeness (QED) is 0.811. The molecule has 0 aliphatic rings. The van der Waals surface area contributed by atoms with Gasteiger partial charge in [-0.25, -0.2) is 0 Å². The SMILES string of the molecule is CCCNC(c1cc(Cl)ccc1Cl)c1cc(C)oc1C. The molecule has 0 saturated carbocycles. The van der Waals surface area contributed by atoms with Gasteiger partial charge in [-0.2, -0.15) is 0 Å². The summed E-state index contributed by atoms with van der Waals surface area (Å²) in [5.41, 5.74) is 2.09. The van der Waals surface area contributed by atoms with E-state index in [1.807, 2.05) is 26.0 Å². The Hall–Kier alpha value is -0.960. The molecular formula is C16H19Cl2NO. The first-order valence-corrected chi connectivity index (χ1v) is 7.53. The van der Waals surface area contributed by atoms with Crippen LogP contribution in [0.15, 0.2) is 28.7 Å². The topological polar surface area (TPSA) is 25.2 Å². The molecule has 0 aliphatic heterocycles. The van der Waals surface area contributed by atoms with Gasteiger partial charge in [0, 0.05) is 15.6 Å². The number of hydrogen-bond donors (Lipinski definition) is 1. The monoisotopic (exact) mass is 311 g/mol. The standard InChI is InChI=1S/C16H19Cl2NO/c1-4-7-19-16(13-8-10(2)20-11(13)3)14-9-12(17)5-6-15(14)18/h5-6,8-9,16,19H,4,7H2,1-3H3. The van der Waals surface area contributed by atoms with Gasteiger partial charge in [0.15, 0.2) is 0 Å². The van der Waals surface area contributed by atoms with Crippen LogP contribution in [0.25, 0.3) is 0 Å². The van der Waals surface area contributed by atoms with E-state index in [0.717, 1.165) is 35.6 Å². The number of nitrogens with one attached hydrogen (secondary N) is 1. The van der Waals surface area contributed by atoms with Crippen molar-refractivity contribution < 1.29 is 4.42 Å². The Bertz CT molecular complexity index is 592. The van der Waals surface area contributed by atoms with E-state index in [0.29, 0.717) is 10.0 Å². The third-order valence-electron chi connectivity index (χ3n) is 3.26. The highest BCUT2D eigenvalue weighted by Gasteiger charge is 2.21. The maximum atomic E-state index is 6.35. The van der Waals surface area contributed by atoms with Crippen LogP contribution in [0.2, 0.25) is 10.0 Å². The van der Waals surface area contributed by atoms with Crippen molar-refractivity contribution in [3.63, 3.8) is 0 Å². The Kier molecular flexibility index (Phi) is 5.14. The third-order valence-corrected chi connectivity index (χ3v) is 3.84. The average Bonchev–Trinajstić information content (AvgIpc) is 2.73. The van der Waals surface area contributed by atoms with Gasteiger partial charge in [0.25, 0.3) is 0 Å². The number of hydrogen-bond acceptors (Lipinski definition) is 2. The van der Waals surface area contributed by atoms with Crippen LogP contribution < -0.4 is 5.32 Å². The van der Waals surface area contributed by atoms with Gasteiger partial charge in [0.2, 0.25) is 0 Å². The minimum Gasteiger partial charge on any atom is -0.466 e. The summed E-state index contributed by atoms with van der Waals surface area (Å²) in [7, 11) is 0. The molecule has 0 aliphatic carbocycles. The van der Waals surface area contributed by atoms with E-state index in [1.165, 1.54) is 0 Å². The van der Waals surface area contributed by atoms with Crippen molar-refractivity contribution in [1.29, 1.82) is 0 Å². The van der Waals surface area contributed by atoms with Gasteiger partial charge >= 0.3 is 0 Å². The summed E-state index contributed by atoms with van der Waals surface area (Å²) in [5.74, 6) is 1.81. The van der Waals surface area contributed by atoms with Crippen molar-refractivity contribution in [1.82, 2.24) is 5.32 Å². The molecule has 0 fully saturated rings. The number of rotatable bonds is 5. The zero-order valence-electron chi connectivity index (χ0n) is 12.0.